The highest BCUT2D eigenvalue weighted by atomic mass is 32.2. The fourth-order valence-electron chi connectivity index (χ4n) is 2.04. The summed E-state index contributed by atoms with van der Waals surface area (Å²) in [5, 5.41) is 18.8. The molecule has 0 amide bonds. The van der Waals surface area contributed by atoms with E-state index in [2.05, 4.69) is 15.2 Å². The van der Waals surface area contributed by atoms with Gasteiger partial charge in [0.25, 0.3) is 0 Å². The molecule has 0 bridgehead atoms. The molecule has 3 aromatic rings. The number of thiazole rings is 1. The summed E-state index contributed by atoms with van der Waals surface area (Å²) in [5.41, 5.74) is -3.09. The normalized spacial score (nSPS) is 13.7. The number of hydrogen-bond donors (Lipinski definition) is 1. The van der Waals surface area contributed by atoms with Crippen LogP contribution in [0.4, 0.5) is 26.3 Å². The smallest absolute Gasteiger partial charge is 0.386 e. The van der Waals surface area contributed by atoms with E-state index in [1.165, 1.54) is 12.3 Å². The molecule has 13 heteroatoms. The van der Waals surface area contributed by atoms with Crippen LogP contribution in [0.5, 0.6) is 0 Å². The van der Waals surface area contributed by atoms with Crippen LogP contribution in [0.3, 0.4) is 0 Å². The SMILES string of the molecule is CC(O)c1nnc(Sc2nc(-c3cc(C(F)(F)F)cc(C(F)(F)F)c3)cs2)s1. The van der Waals surface area contributed by atoms with E-state index < -0.39 is 29.6 Å². The van der Waals surface area contributed by atoms with E-state index in [-0.39, 0.29) is 17.3 Å². The Bertz CT molecular complexity index is 948. The Hall–Kier alpha value is -1.70. The van der Waals surface area contributed by atoms with Gasteiger partial charge >= 0.3 is 12.4 Å². The molecule has 4 nitrogen and oxygen atoms in total. The van der Waals surface area contributed by atoms with Gasteiger partial charge in [0.05, 0.1) is 16.8 Å². The van der Waals surface area contributed by atoms with Crippen molar-refractivity contribution in [3.05, 3.63) is 39.7 Å². The lowest BCUT2D eigenvalue weighted by atomic mass is 10.0. The molecule has 0 aliphatic heterocycles. The lowest BCUT2D eigenvalue weighted by molar-refractivity contribution is -0.143. The van der Waals surface area contributed by atoms with E-state index in [4.69, 9.17) is 0 Å². The molecule has 150 valence electrons. The van der Waals surface area contributed by atoms with Gasteiger partial charge in [-0.3, -0.25) is 0 Å². The number of aromatic nitrogens is 3. The van der Waals surface area contributed by atoms with Crippen molar-refractivity contribution >= 4 is 34.4 Å². The summed E-state index contributed by atoms with van der Waals surface area (Å²) in [4.78, 5) is 4.10. The molecule has 2 heterocycles. The summed E-state index contributed by atoms with van der Waals surface area (Å²) in [7, 11) is 0. The van der Waals surface area contributed by atoms with Gasteiger partial charge in [-0.25, -0.2) is 4.98 Å². The fourth-order valence-corrected chi connectivity index (χ4v) is 4.88. The van der Waals surface area contributed by atoms with Gasteiger partial charge < -0.3 is 5.11 Å². The second kappa shape index (κ2) is 7.61. The summed E-state index contributed by atoms with van der Waals surface area (Å²) in [6, 6.07) is 1.34. The van der Waals surface area contributed by atoms with Crippen molar-refractivity contribution < 1.29 is 31.4 Å². The van der Waals surface area contributed by atoms with Gasteiger partial charge in [0.2, 0.25) is 0 Å². The third-order valence-electron chi connectivity index (χ3n) is 3.32. The molecule has 0 fully saturated rings. The Morgan fingerprint density at radius 2 is 1.57 bits per heavy atom. The van der Waals surface area contributed by atoms with Crippen LogP contribution in [0, 0.1) is 0 Å². The number of nitrogens with zero attached hydrogens (tertiary/aromatic N) is 3. The second-order valence-corrected chi connectivity index (χ2v) is 8.84. The molecule has 2 aromatic heterocycles. The van der Waals surface area contributed by atoms with Crippen molar-refractivity contribution in [2.75, 3.05) is 0 Å². The van der Waals surface area contributed by atoms with Crippen LogP contribution in [-0.2, 0) is 12.4 Å². The number of rotatable bonds is 4. The van der Waals surface area contributed by atoms with Crippen LogP contribution in [0.2, 0.25) is 0 Å². The quantitative estimate of drug-likeness (QED) is 0.494. The molecule has 28 heavy (non-hydrogen) atoms. The monoisotopic (exact) mass is 457 g/mol. The van der Waals surface area contributed by atoms with Crippen LogP contribution in [0.15, 0.2) is 32.3 Å². The Morgan fingerprint density at radius 1 is 0.964 bits per heavy atom. The van der Waals surface area contributed by atoms with Gasteiger partial charge in [-0.05, 0) is 36.9 Å². The highest BCUT2D eigenvalue weighted by Gasteiger charge is 2.37. The molecular weight excluding hydrogens is 448 g/mol. The molecule has 3 rings (SSSR count). The van der Waals surface area contributed by atoms with Gasteiger partial charge in [0, 0.05) is 10.9 Å². The van der Waals surface area contributed by atoms with E-state index in [9.17, 15) is 31.4 Å². The summed E-state index contributed by atoms with van der Waals surface area (Å²) in [6.07, 6.45) is -10.6. The minimum atomic E-state index is -4.92. The number of aliphatic hydroxyl groups excluding tert-OH is 1. The summed E-state index contributed by atoms with van der Waals surface area (Å²) < 4.78 is 78.7. The molecule has 0 saturated carbocycles. The predicted molar refractivity (Wildman–Crippen MR) is 92.2 cm³/mol. The maximum atomic E-state index is 13.0. The lowest BCUT2D eigenvalue weighted by Crippen LogP contribution is -2.11. The minimum Gasteiger partial charge on any atom is -0.386 e. The van der Waals surface area contributed by atoms with E-state index in [1.54, 1.807) is 0 Å². The number of hydrogen-bond acceptors (Lipinski definition) is 7. The summed E-state index contributed by atoms with van der Waals surface area (Å²) in [6.45, 7) is 1.52. The van der Waals surface area contributed by atoms with E-state index in [0.29, 0.717) is 25.8 Å². The Labute approximate surface area is 166 Å². The van der Waals surface area contributed by atoms with Crippen molar-refractivity contribution in [3.63, 3.8) is 0 Å². The predicted octanol–water partition coefficient (Wildman–Crippen LogP) is 5.90. The molecule has 1 N–H and O–H groups in total. The highest BCUT2D eigenvalue weighted by Crippen LogP contribution is 2.40. The van der Waals surface area contributed by atoms with Crippen molar-refractivity contribution in [1.29, 1.82) is 0 Å². The zero-order valence-corrected chi connectivity index (χ0v) is 16.1. The molecule has 1 unspecified atom stereocenters. The molecule has 0 saturated heterocycles. The fraction of sp³-hybridized carbons (Fsp3) is 0.267. The highest BCUT2D eigenvalue weighted by molar-refractivity contribution is 8.02. The average Bonchev–Trinajstić information content (AvgIpc) is 3.23. The Balaban J connectivity index is 1.93. The minimum absolute atomic E-state index is 0.00985. The number of benzene rings is 1. The first-order chi connectivity index (χ1) is 12.9. The van der Waals surface area contributed by atoms with Gasteiger partial charge in [-0.1, -0.05) is 11.3 Å². The Kier molecular flexibility index (Phi) is 5.71. The van der Waals surface area contributed by atoms with Gasteiger partial charge in [0.15, 0.2) is 8.68 Å². The van der Waals surface area contributed by atoms with E-state index in [1.807, 2.05) is 0 Å². The first-order valence-electron chi connectivity index (χ1n) is 7.38. The van der Waals surface area contributed by atoms with Crippen molar-refractivity contribution in [3.8, 4) is 11.3 Å². The van der Waals surface area contributed by atoms with Gasteiger partial charge in [0.1, 0.15) is 11.1 Å². The van der Waals surface area contributed by atoms with Crippen molar-refractivity contribution in [1.82, 2.24) is 15.2 Å². The van der Waals surface area contributed by atoms with Gasteiger partial charge in [-0.15, -0.1) is 21.5 Å². The average molecular weight is 457 g/mol. The van der Waals surface area contributed by atoms with Crippen LogP contribution in [-0.4, -0.2) is 20.3 Å². The second-order valence-electron chi connectivity index (χ2n) is 5.48. The Morgan fingerprint density at radius 3 is 2.07 bits per heavy atom. The number of aliphatic hydroxyl groups is 1. The third kappa shape index (κ3) is 4.82. The van der Waals surface area contributed by atoms with Crippen molar-refractivity contribution in [2.45, 2.75) is 34.1 Å². The van der Waals surface area contributed by atoms with Crippen LogP contribution < -0.4 is 0 Å². The molecule has 0 radical (unpaired) electrons. The first-order valence-corrected chi connectivity index (χ1v) is 9.89. The molecule has 1 aromatic carbocycles. The zero-order valence-electron chi connectivity index (χ0n) is 13.7. The van der Waals surface area contributed by atoms with Crippen LogP contribution >= 0.6 is 34.4 Å². The third-order valence-corrected chi connectivity index (χ3v) is 6.40. The molecule has 0 aliphatic rings. The van der Waals surface area contributed by atoms with Crippen molar-refractivity contribution in [2.24, 2.45) is 0 Å². The maximum absolute atomic E-state index is 13.0. The standard InChI is InChI=1S/C15H9F6N3OS3/c1-6(25)11-23-24-13(27-11)28-12-22-10(5-26-12)7-2-8(14(16,17)18)4-9(3-7)15(19,20)21/h2-6,25H,1H3. The molecule has 0 spiro atoms. The number of halogens is 6. The van der Waals surface area contributed by atoms with E-state index in [0.717, 1.165) is 34.4 Å². The summed E-state index contributed by atoms with van der Waals surface area (Å²) in [5.74, 6) is 0. The van der Waals surface area contributed by atoms with Gasteiger partial charge in [-0.2, -0.15) is 26.3 Å². The van der Waals surface area contributed by atoms with Crippen LogP contribution in [0.1, 0.15) is 29.2 Å². The largest absolute Gasteiger partial charge is 0.416 e. The maximum Gasteiger partial charge on any atom is 0.416 e. The van der Waals surface area contributed by atoms with Crippen LogP contribution in [0.25, 0.3) is 11.3 Å². The zero-order chi connectivity index (χ0) is 20.7. The molecule has 0 aliphatic carbocycles. The van der Waals surface area contributed by atoms with E-state index >= 15 is 0 Å². The number of alkyl halides is 6. The summed E-state index contributed by atoms with van der Waals surface area (Å²) >= 11 is 3.22. The molecule has 1 atom stereocenters. The lowest BCUT2D eigenvalue weighted by Gasteiger charge is -2.13. The first kappa shape index (κ1) is 21.0. The molecular formula is C15H9F6N3OS3. The topological polar surface area (TPSA) is 58.9 Å².